The van der Waals surface area contributed by atoms with E-state index in [-0.39, 0.29) is 5.82 Å². The summed E-state index contributed by atoms with van der Waals surface area (Å²) in [6.45, 7) is 0. The molecule has 8 nitrogen and oxygen atoms in total. The Morgan fingerprint density at radius 2 is 2.00 bits per heavy atom. The van der Waals surface area contributed by atoms with E-state index < -0.39 is 0 Å². The van der Waals surface area contributed by atoms with Crippen LogP contribution in [0.15, 0.2) is 60.2 Å². The molecule has 1 aliphatic rings. The lowest BCUT2D eigenvalue weighted by molar-refractivity contribution is 0.628. The Labute approximate surface area is 159 Å². The molecule has 28 heavy (non-hydrogen) atoms. The van der Waals surface area contributed by atoms with E-state index in [0.717, 1.165) is 22.8 Å². The van der Waals surface area contributed by atoms with Gasteiger partial charge >= 0.3 is 0 Å². The fourth-order valence-corrected chi connectivity index (χ4v) is 3.24. The Hall–Kier alpha value is -3.88. The zero-order valence-electron chi connectivity index (χ0n) is 14.7. The lowest BCUT2D eigenvalue weighted by atomic mass is 10.0. The molecule has 0 spiro atoms. The van der Waals surface area contributed by atoms with Gasteiger partial charge < -0.3 is 5.73 Å². The molecule has 1 aliphatic heterocycles. The van der Waals surface area contributed by atoms with E-state index in [2.05, 4.69) is 20.3 Å². The molecule has 0 unspecified atom stereocenters. The van der Waals surface area contributed by atoms with Crippen molar-refractivity contribution in [2.45, 2.75) is 12.8 Å². The molecular formula is C19H15FN8. The van der Waals surface area contributed by atoms with Gasteiger partial charge in [0.1, 0.15) is 23.7 Å². The summed E-state index contributed by atoms with van der Waals surface area (Å²) in [5.41, 5.74) is 8.84. The summed E-state index contributed by atoms with van der Waals surface area (Å²) in [5.74, 6) is 1.64. The van der Waals surface area contributed by atoms with Gasteiger partial charge in [-0.1, -0.05) is 12.1 Å². The molecule has 5 rings (SSSR count). The number of pyridine rings is 1. The highest BCUT2D eigenvalue weighted by molar-refractivity contribution is 5.89. The van der Waals surface area contributed by atoms with Crippen LogP contribution in [0.4, 0.5) is 10.2 Å². The number of hydrogen-bond donors (Lipinski definition) is 1. The second kappa shape index (κ2) is 6.38. The van der Waals surface area contributed by atoms with Crippen molar-refractivity contribution in [1.29, 1.82) is 0 Å². The average Bonchev–Trinajstić information content (AvgIpc) is 3.34. The lowest BCUT2D eigenvalue weighted by Crippen LogP contribution is -2.20. The van der Waals surface area contributed by atoms with Gasteiger partial charge in [0.25, 0.3) is 0 Å². The second-order valence-corrected chi connectivity index (χ2v) is 6.42. The van der Waals surface area contributed by atoms with Gasteiger partial charge in [0.05, 0.1) is 0 Å². The highest BCUT2D eigenvalue weighted by Gasteiger charge is 2.20. The number of hydrogen-bond acceptors (Lipinski definition) is 6. The summed E-state index contributed by atoms with van der Waals surface area (Å²) >= 11 is 0. The van der Waals surface area contributed by atoms with Crippen molar-refractivity contribution in [3.8, 4) is 22.4 Å². The second-order valence-electron chi connectivity index (χ2n) is 6.42. The number of fused-ring (bicyclic) bond motifs is 1. The number of aromatic nitrogens is 6. The number of benzene rings is 1. The van der Waals surface area contributed by atoms with Crippen LogP contribution < -0.4 is 5.73 Å². The van der Waals surface area contributed by atoms with E-state index >= 15 is 0 Å². The van der Waals surface area contributed by atoms with Crippen molar-refractivity contribution in [3.63, 3.8) is 0 Å². The van der Waals surface area contributed by atoms with Crippen LogP contribution in [0.2, 0.25) is 0 Å². The largest absolute Gasteiger partial charge is 0.384 e. The number of nitrogen functional groups attached to an aromatic ring is 1. The highest BCUT2D eigenvalue weighted by atomic mass is 19.1. The Morgan fingerprint density at radius 1 is 1.07 bits per heavy atom. The summed E-state index contributed by atoms with van der Waals surface area (Å²) in [6.07, 6.45) is 6.46. The van der Waals surface area contributed by atoms with Crippen LogP contribution in [0, 0.1) is 5.82 Å². The third-order valence-electron chi connectivity index (χ3n) is 4.56. The third-order valence-corrected chi connectivity index (χ3v) is 4.56. The standard InChI is InChI=1S/C19H15FN8/c20-14-3-1-2-13(8-14)19-15(12-6-7-22-16(21)9-12)10-27(26-19)18-5-4-17-24-23-11-28(17)25-18/h1-3,6-11H,4-5H2,(H2,21,22). The van der Waals surface area contributed by atoms with Crippen molar-refractivity contribution < 1.29 is 4.39 Å². The summed E-state index contributed by atoms with van der Waals surface area (Å²) in [5, 5.41) is 17.2. The predicted octanol–water partition coefficient (Wildman–Crippen LogP) is 2.58. The van der Waals surface area contributed by atoms with Gasteiger partial charge in [0, 0.05) is 36.4 Å². The van der Waals surface area contributed by atoms with Crippen molar-refractivity contribution in [3.05, 3.63) is 66.8 Å². The van der Waals surface area contributed by atoms with Crippen LogP contribution >= 0.6 is 0 Å². The van der Waals surface area contributed by atoms with Crippen molar-refractivity contribution in [2.24, 2.45) is 5.10 Å². The SMILES string of the molecule is Nc1cc(-c2cn(C3=Nn4cnnc4CC3)nc2-c2cccc(F)c2)ccn1. The third kappa shape index (κ3) is 2.82. The minimum Gasteiger partial charge on any atom is -0.384 e. The number of anilines is 1. The number of rotatable bonds is 2. The molecule has 3 aromatic heterocycles. The topological polar surface area (TPSA) is 99.8 Å². The van der Waals surface area contributed by atoms with Gasteiger partial charge in [-0.2, -0.15) is 10.2 Å². The quantitative estimate of drug-likeness (QED) is 0.581. The molecule has 0 atom stereocenters. The molecule has 0 saturated heterocycles. The average molecular weight is 374 g/mol. The van der Waals surface area contributed by atoms with Crippen LogP contribution in [0.3, 0.4) is 0 Å². The number of halogens is 1. The van der Waals surface area contributed by atoms with Crippen molar-refractivity contribution >= 4 is 11.7 Å². The van der Waals surface area contributed by atoms with E-state index in [9.17, 15) is 4.39 Å². The monoisotopic (exact) mass is 374 g/mol. The Morgan fingerprint density at radius 3 is 2.86 bits per heavy atom. The van der Waals surface area contributed by atoms with E-state index in [0.29, 0.717) is 29.9 Å². The Kier molecular flexibility index (Phi) is 3.71. The molecule has 0 aliphatic carbocycles. The molecule has 1 aromatic carbocycles. The first-order chi connectivity index (χ1) is 13.7. The maximum Gasteiger partial charge on any atom is 0.154 e. The number of nitrogens with two attached hydrogens (primary N) is 1. The minimum atomic E-state index is -0.323. The van der Waals surface area contributed by atoms with Crippen molar-refractivity contribution in [1.82, 2.24) is 29.6 Å². The van der Waals surface area contributed by atoms with Gasteiger partial charge in [-0.15, -0.1) is 10.2 Å². The minimum absolute atomic E-state index is 0.323. The Bertz CT molecular complexity index is 1140. The molecule has 138 valence electrons. The van der Waals surface area contributed by atoms with Gasteiger partial charge in [0.15, 0.2) is 11.7 Å². The summed E-state index contributed by atoms with van der Waals surface area (Å²) in [6, 6.07) is 9.97. The lowest BCUT2D eigenvalue weighted by Gasteiger charge is -2.11. The van der Waals surface area contributed by atoms with E-state index in [1.54, 1.807) is 34.0 Å². The summed E-state index contributed by atoms with van der Waals surface area (Å²) < 4.78 is 17.2. The van der Waals surface area contributed by atoms with Crippen LogP contribution in [0.25, 0.3) is 22.4 Å². The maximum absolute atomic E-state index is 13.8. The summed E-state index contributed by atoms with van der Waals surface area (Å²) in [4.78, 5) is 4.05. The zero-order chi connectivity index (χ0) is 19.1. The van der Waals surface area contributed by atoms with E-state index in [1.807, 2.05) is 18.3 Å². The fraction of sp³-hybridized carbons (Fsp3) is 0.105. The Balaban J connectivity index is 1.68. The van der Waals surface area contributed by atoms with E-state index in [1.165, 1.54) is 12.1 Å². The van der Waals surface area contributed by atoms with Crippen LogP contribution in [-0.4, -0.2) is 35.5 Å². The first kappa shape index (κ1) is 16.3. The zero-order valence-corrected chi connectivity index (χ0v) is 14.7. The van der Waals surface area contributed by atoms with Gasteiger partial charge in [0.2, 0.25) is 0 Å². The smallest absolute Gasteiger partial charge is 0.154 e. The molecule has 0 saturated carbocycles. The molecule has 2 N–H and O–H groups in total. The number of aryl methyl sites for hydroxylation is 1. The predicted molar refractivity (Wildman–Crippen MR) is 102 cm³/mol. The first-order valence-electron chi connectivity index (χ1n) is 8.72. The normalized spacial score (nSPS) is 13.2. The van der Waals surface area contributed by atoms with E-state index in [4.69, 9.17) is 10.8 Å². The highest BCUT2D eigenvalue weighted by Crippen LogP contribution is 2.32. The summed E-state index contributed by atoms with van der Waals surface area (Å²) in [7, 11) is 0. The van der Waals surface area contributed by atoms with Crippen LogP contribution in [0.1, 0.15) is 12.2 Å². The van der Waals surface area contributed by atoms with Crippen molar-refractivity contribution in [2.75, 3.05) is 5.73 Å². The van der Waals surface area contributed by atoms with Gasteiger partial charge in [-0.3, -0.25) is 0 Å². The van der Waals surface area contributed by atoms with Crippen LogP contribution in [-0.2, 0) is 6.42 Å². The molecule has 0 bridgehead atoms. The molecule has 0 amide bonds. The molecule has 0 fully saturated rings. The molecule has 4 heterocycles. The molecule has 0 radical (unpaired) electrons. The number of nitrogens with zero attached hydrogens (tertiary/aromatic N) is 7. The maximum atomic E-state index is 13.8. The van der Waals surface area contributed by atoms with Gasteiger partial charge in [-0.25, -0.2) is 18.7 Å². The van der Waals surface area contributed by atoms with Crippen LogP contribution in [0.5, 0.6) is 0 Å². The fourth-order valence-electron chi connectivity index (χ4n) is 3.24. The molecule has 4 aromatic rings. The molecular weight excluding hydrogens is 359 g/mol. The first-order valence-corrected chi connectivity index (χ1v) is 8.72. The molecule has 9 heteroatoms. The van der Waals surface area contributed by atoms with Gasteiger partial charge in [-0.05, 0) is 29.8 Å².